The Labute approximate surface area is 122 Å². The standard InChI is InChI=1S/C13H20N4O2S/c14-11(18)5-6-12-15-16-13(17(12)9-3-4-9)20-8-10-2-1-7-19-10/h9-10H,1-8H2,(H2,14,18)/t10-/m0/s1. The van der Waals surface area contributed by atoms with Crippen LogP contribution in [0.5, 0.6) is 0 Å². The monoisotopic (exact) mass is 296 g/mol. The van der Waals surface area contributed by atoms with E-state index in [1.807, 2.05) is 0 Å². The quantitative estimate of drug-likeness (QED) is 0.767. The fraction of sp³-hybridized carbons (Fsp3) is 0.769. The van der Waals surface area contributed by atoms with Crippen LogP contribution >= 0.6 is 11.8 Å². The van der Waals surface area contributed by atoms with Crippen LogP contribution in [0.2, 0.25) is 0 Å². The van der Waals surface area contributed by atoms with Crippen molar-refractivity contribution in [1.29, 1.82) is 0 Å². The van der Waals surface area contributed by atoms with Crippen molar-refractivity contribution >= 4 is 17.7 Å². The van der Waals surface area contributed by atoms with Crippen molar-refractivity contribution in [3.05, 3.63) is 5.82 Å². The van der Waals surface area contributed by atoms with E-state index in [4.69, 9.17) is 10.5 Å². The molecule has 1 aromatic heterocycles. The maximum absolute atomic E-state index is 10.9. The molecule has 1 saturated heterocycles. The fourth-order valence-electron chi connectivity index (χ4n) is 2.45. The van der Waals surface area contributed by atoms with Gasteiger partial charge in [0.1, 0.15) is 5.82 Å². The van der Waals surface area contributed by atoms with Gasteiger partial charge in [-0.2, -0.15) is 0 Å². The number of hydrogen-bond acceptors (Lipinski definition) is 5. The summed E-state index contributed by atoms with van der Waals surface area (Å²) in [5.74, 6) is 1.53. The molecule has 0 radical (unpaired) electrons. The predicted octanol–water partition coefficient (Wildman–Crippen LogP) is 1.30. The molecule has 0 unspecified atom stereocenters. The third kappa shape index (κ3) is 3.32. The van der Waals surface area contributed by atoms with Gasteiger partial charge >= 0.3 is 0 Å². The summed E-state index contributed by atoms with van der Waals surface area (Å²) in [4.78, 5) is 10.9. The van der Waals surface area contributed by atoms with Gasteiger partial charge in [-0.1, -0.05) is 11.8 Å². The second kappa shape index (κ2) is 6.13. The Balaban J connectivity index is 1.65. The summed E-state index contributed by atoms with van der Waals surface area (Å²) in [6.45, 7) is 0.879. The number of ether oxygens (including phenoxy) is 1. The van der Waals surface area contributed by atoms with E-state index in [2.05, 4.69) is 14.8 Å². The molecule has 3 rings (SSSR count). The van der Waals surface area contributed by atoms with Crippen LogP contribution in [0.3, 0.4) is 0 Å². The highest BCUT2D eigenvalue weighted by molar-refractivity contribution is 7.99. The maximum Gasteiger partial charge on any atom is 0.217 e. The Bertz CT molecular complexity index is 481. The van der Waals surface area contributed by atoms with Crippen molar-refractivity contribution in [2.24, 2.45) is 5.73 Å². The first-order valence-corrected chi connectivity index (χ1v) is 8.19. The van der Waals surface area contributed by atoms with Crippen molar-refractivity contribution in [1.82, 2.24) is 14.8 Å². The first-order valence-electron chi connectivity index (χ1n) is 7.20. The number of aryl methyl sites for hydroxylation is 1. The summed E-state index contributed by atoms with van der Waals surface area (Å²) >= 11 is 1.72. The zero-order valence-corrected chi connectivity index (χ0v) is 12.3. The number of amides is 1. The molecule has 2 aliphatic rings. The lowest BCUT2D eigenvalue weighted by Gasteiger charge is -2.10. The molecule has 0 bridgehead atoms. The minimum atomic E-state index is -0.288. The highest BCUT2D eigenvalue weighted by atomic mass is 32.2. The summed E-state index contributed by atoms with van der Waals surface area (Å²) in [6.07, 6.45) is 5.91. The number of hydrogen-bond donors (Lipinski definition) is 1. The number of carbonyl (C=O) groups excluding carboxylic acids is 1. The number of nitrogens with two attached hydrogens (primary N) is 1. The molecule has 1 aliphatic heterocycles. The number of carbonyl (C=O) groups is 1. The molecule has 1 aliphatic carbocycles. The SMILES string of the molecule is NC(=O)CCc1nnc(SC[C@@H]2CCCO2)n1C1CC1. The van der Waals surface area contributed by atoms with Crippen LogP contribution in [0.15, 0.2) is 5.16 Å². The van der Waals surface area contributed by atoms with Gasteiger partial charge in [-0.15, -0.1) is 10.2 Å². The van der Waals surface area contributed by atoms with Gasteiger partial charge < -0.3 is 15.0 Å². The first-order chi connectivity index (χ1) is 9.74. The summed E-state index contributed by atoms with van der Waals surface area (Å²) in [7, 11) is 0. The lowest BCUT2D eigenvalue weighted by Crippen LogP contribution is -2.14. The molecule has 2 N–H and O–H groups in total. The Morgan fingerprint density at radius 3 is 2.90 bits per heavy atom. The average Bonchev–Trinajstić information content (AvgIpc) is 2.98. The van der Waals surface area contributed by atoms with Gasteiger partial charge in [0, 0.05) is 31.2 Å². The predicted molar refractivity (Wildman–Crippen MR) is 75.5 cm³/mol. The van der Waals surface area contributed by atoms with E-state index in [0.29, 0.717) is 25.0 Å². The highest BCUT2D eigenvalue weighted by Crippen LogP contribution is 2.39. The average molecular weight is 296 g/mol. The van der Waals surface area contributed by atoms with Crippen LogP contribution < -0.4 is 5.73 Å². The molecule has 20 heavy (non-hydrogen) atoms. The Hall–Kier alpha value is -1.08. The third-order valence-electron chi connectivity index (χ3n) is 3.66. The van der Waals surface area contributed by atoms with Crippen molar-refractivity contribution in [3.63, 3.8) is 0 Å². The molecule has 1 amide bonds. The van der Waals surface area contributed by atoms with Crippen LogP contribution in [0.4, 0.5) is 0 Å². The second-order valence-corrected chi connectivity index (χ2v) is 6.40. The number of thioether (sulfide) groups is 1. The molecule has 2 heterocycles. The van der Waals surface area contributed by atoms with Gasteiger partial charge in [0.15, 0.2) is 5.16 Å². The summed E-state index contributed by atoms with van der Waals surface area (Å²) in [5, 5.41) is 9.48. The van der Waals surface area contributed by atoms with Crippen LogP contribution in [-0.4, -0.2) is 39.1 Å². The van der Waals surface area contributed by atoms with Crippen LogP contribution in [0.25, 0.3) is 0 Å². The molecule has 2 fully saturated rings. The lowest BCUT2D eigenvalue weighted by atomic mass is 10.3. The molecule has 1 saturated carbocycles. The Morgan fingerprint density at radius 1 is 1.40 bits per heavy atom. The zero-order chi connectivity index (χ0) is 13.9. The molecule has 6 nitrogen and oxygen atoms in total. The molecular formula is C13H20N4O2S. The zero-order valence-electron chi connectivity index (χ0n) is 11.5. The fourth-order valence-corrected chi connectivity index (χ4v) is 3.54. The second-order valence-electron chi connectivity index (χ2n) is 5.41. The molecule has 7 heteroatoms. The van der Waals surface area contributed by atoms with Gasteiger partial charge in [0.05, 0.1) is 6.10 Å². The van der Waals surface area contributed by atoms with E-state index < -0.39 is 0 Å². The maximum atomic E-state index is 10.9. The van der Waals surface area contributed by atoms with E-state index in [9.17, 15) is 4.79 Å². The minimum absolute atomic E-state index is 0.288. The third-order valence-corrected chi connectivity index (χ3v) is 4.74. The molecule has 0 aromatic carbocycles. The molecule has 0 spiro atoms. The van der Waals surface area contributed by atoms with Crippen LogP contribution in [-0.2, 0) is 16.0 Å². The highest BCUT2D eigenvalue weighted by Gasteiger charge is 2.30. The van der Waals surface area contributed by atoms with E-state index in [-0.39, 0.29) is 5.91 Å². The van der Waals surface area contributed by atoms with Crippen molar-refractivity contribution in [2.45, 2.75) is 55.8 Å². The van der Waals surface area contributed by atoms with Gasteiger partial charge in [-0.25, -0.2) is 0 Å². The molecule has 1 aromatic rings. The van der Waals surface area contributed by atoms with E-state index in [1.54, 1.807) is 11.8 Å². The number of primary amides is 1. The summed E-state index contributed by atoms with van der Waals surface area (Å²) < 4.78 is 7.83. The van der Waals surface area contributed by atoms with Crippen molar-refractivity contribution in [2.75, 3.05) is 12.4 Å². The van der Waals surface area contributed by atoms with Crippen LogP contribution in [0.1, 0.15) is 44.0 Å². The number of aromatic nitrogens is 3. The van der Waals surface area contributed by atoms with E-state index in [0.717, 1.165) is 36.2 Å². The minimum Gasteiger partial charge on any atom is -0.377 e. The van der Waals surface area contributed by atoms with E-state index >= 15 is 0 Å². The lowest BCUT2D eigenvalue weighted by molar-refractivity contribution is -0.118. The first kappa shape index (κ1) is 13.9. The van der Waals surface area contributed by atoms with Gasteiger partial charge in [0.25, 0.3) is 0 Å². The van der Waals surface area contributed by atoms with Gasteiger partial charge in [0.2, 0.25) is 5.91 Å². The Kier molecular flexibility index (Phi) is 4.26. The summed E-state index contributed by atoms with van der Waals surface area (Å²) in [6, 6.07) is 0.514. The van der Waals surface area contributed by atoms with Gasteiger partial charge in [-0.3, -0.25) is 4.79 Å². The molecule has 1 atom stereocenters. The van der Waals surface area contributed by atoms with Crippen molar-refractivity contribution in [3.8, 4) is 0 Å². The number of rotatable bonds is 7. The van der Waals surface area contributed by atoms with E-state index in [1.165, 1.54) is 12.8 Å². The Morgan fingerprint density at radius 2 is 2.25 bits per heavy atom. The smallest absolute Gasteiger partial charge is 0.217 e. The molecule has 110 valence electrons. The largest absolute Gasteiger partial charge is 0.377 e. The van der Waals surface area contributed by atoms with Gasteiger partial charge in [-0.05, 0) is 25.7 Å². The topological polar surface area (TPSA) is 83.0 Å². The summed E-state index contributed by atoms with van der Waals surface area (Å²) in [5.41, 5.74) is 5.21. The molecular weight excluding hydrogens is 276 g/mol. The van der Waals surface area contributed by atoms with Crippen molar-refractivity contribution < 1.29 is 9.53 Å². The number of nitrogens with zero attached hydrogens (tertiary/aromatic N) is 3. The van der Waals surface area contributed by atoms with Crippen LogP contribution in [0, 0.1) is 0 Å². The normalized spacial score (nSPS) is 22.3.